The van der Waals surface area contributed by atoms with Gasteiger partial charge in [-0.1, -0.05) is 30.3 Å². The Bertz CT molecular complexity index is 656. The van der Waals surface area contributed by atoms with Gasteiger partial charge in [-0.25, -0.2) is 4.39 Å². The third kappa shape index (κ3) is 4.92. The number of amides is 2. The van der Waals surface area contributed by atoms with Crippen LogP contribution in [0.4, 0.5) is 10.1 Å². The van der Waals surface area contributed by atoms with Crippen molar-refractivity contribution in [1.82, 2.24) is 5.32 Å². The summed E-state index contributed by atoms with van der Waals surface area (Å²) in [7, 11) is 0. The Morgan fingerprint density at radius 2 is 1.70 bits per heavy atom. The van der Waals surface area contributed by atoms with E-state index in [9.17, 15) is 14.0 Å². The number of nitrogens with zero attached hydrogens (tertiary/aromatic N) is 1. The van der Waals surface area contributed by atoms with Gasteiger partial charge in [0.2, 0.25) is 11.8 Å². The maximum atomic E-state index is 12.8. The van der Waals surface area contributed by atoms with Crippen molar-refractivity contribution in [3.05, 3.63) is 66.0 Å². The zero-order chi connectivity index (χ0) is 16.7. The predicted octanol–water partition coefficient (Wildman–Crippen LogP) is 2.54. The molecule has 0 bridgehead atoms. The minimum Gasteiger partial charge on any atom is -0.347 e. The highest BCUT2D eigenvalue weighted by Crippen LogP contribution is 2.12. The predicted molar refractivity (Wildman–Crippen MR) is 87.6 cm³/mol. The molecule has 2 rings (SSSR count). The molecule has 0 saturated carbocycles. The van der Waals surface area contributed by atoms with E-state index in [2.05, 4.69) is 5.32 Å². The molecule has 23 heavy (non-hydrogen) atoms. The molecule has 1 N–H and O–H groups in total. The standard InChI is InChI=1S/C18H19FN2O2/c1-2-21(16-6-4-3-5-7-16)18(23)13-20-17(22)12-14-8-10-15(19)11-9-14/h3-11H,2,12-13H2,1H3,(H,20,22). The summed E-state index contributed by atoms with van der Waals surface area (Å²) in [6.07, 6.45) is 0.116. The van der Waals surface area contributed by atoms with Crippen molar-refractivity contribution in [3.8, 4) is 0 Å². The van der Waals surface area contributed by atoms with Gasteiger partial charge in [0, 0.05) is 12.2 Å². The molecule has 0 aliphatic carbocycles. The van der Waals surface area contributed by atoms with Gasteiger partial charge in [-0.15, -0.1) is 0 Å². The number of anilines is 1. The van der Waals surface area contributed by atoms with Crippen LogP contribution in [0.2, 0.25) is 0 Å². The molecule has 0 fully saturated rings. The first-order valence-corrected chi connectivity index (χ1v) is 7.46. The Balaban J connectivity index is 1.87. The summed E-state index contributed by atoms with van der Waals surface area (Å²) < 4.78 is 12.8. The summed E-state index contributed by atoms with van der Waals surface area (Å²) in [6, 6.07) is 15.0. The lowest BCUT2D eigenvalue weighted by molar-refractivity contribution is -0.124. The number of carbonyl (C=O) groups is 2. The number of benzene rings is 2. The fourth-order valence-corrected chi connectivity index (χ4v) is 2.23. The second-order valence-electron chi connectivity index (χ2n) is 5.05. The van der Waals surface area contributed by atoms with Crippen molar-refractivity contribution < 1.29 is 14.0 Å². The van der Waals surface area contributed by atoms with Gasteiger partial charge in [-0.2, -0.15) is 0 Å². The molecular weight excluding hydrogens is 295 g/mol. The summed E-state index contributed by atoms with van der Waals surface area (Å²) >= 11 is 0. The number of para-hydroxylation sites is 1. The topological polar surface area (TPSA) is 49.4 Å². The maximum Gasteiger partial charge on any atom is 0.246 e. The van der Waals surface area contributed by atoms with Crippen molar-refractivity contribution in [3.63, 3.8) is 0 Å². The molecule has 0 spiro atoms. The second kappa shape index (κ2) is 8.08. The molecule has 2 aromatic rings. The number of halogens is 1. The Morgan fingerprint density at radius 3 is 2.30 bits per heavy atom. The first kappa shape index (κ1) is 16.7. The fourth-order valence-electron chi connectivity index (χ4n) is 2.23. The van der Waals surface area contributed by atoms with Crippen LogP contribution in [-0.4, -0.2) is 24.9 Å². The van der Waals surface area contributed by atoms with E-state index < -0.39 is 0 Å². The maximum absolute atomic E-state index is 12.8. The molecule has 2 aromatic carbocycles. The monoisotopic (exact) mass is 314 g/mol. The second-order valence-corrected chi connectivity index (χ2v) is 5.05. The largest absolute Gasteiger partial charge is 0.347 e. The summed E-state index contributed by atoms with van der Waals surface area (Å²) in [6.45, 7) is 2.34. The van der Waals surface area contributed by atoms with Crippen molar-refractivity contribution in [1.29, 1.82) is 0 Å². The summed E-state index contributed by atoms with van der Waals surface area (Å²) in [5.41, 5.74) is 1.50. The molecule has 0 aliphatic heterocycles. The minimum absolute atomic E-state index is 0.0667. The molecular formula is C18H19FN2O2. The summed E-state index contributed by atoms with van der Waals surface area (Å²) in [4.78, 5) is 25.7. The van der Waals surface area contributed by atoms with Crippen molar-refractivity contribution >= 4 is 17.5 Å². The number of carbonyl (C=O) groups excluding carboxylic acids is 2. The number of hydrogen-bond donors (Lipinski definition) is 1. The number of rotatable bonds is 6. The number of likely N-dealkylation sites (N-methyl/N-ethyl adjacent to an activating group) is 1. The molecule has 0 unspecified atom stereocenters. The van der Waals surface area contributed by atoms with E-state index in [-0.39, 0.29) is 30.6 Å². The Hall–Kier alpha value is -2.69. The minimum atomic E-state index is -0.342. The van der Waals surface area contributed by atoms with Crippen LogP contribution >= 0.6 is 0 Å². The van der Waals surface area contributed by atoms with Crippen LogP contribution < -0.4 is 10.2 Å². The van der Waals surface area contributed by atoms with Crippen molar-refractivity contribution in [2.24, 2.45) is 0 Å². The van der Waals surface area contributed by atoms with Gasteiger partial charge in [0.15, 0.2) is 0 Å². The molecule has 0 radical (unpaired) electrons. The molecule has 4 nitrogen and oxygen atoms in total. The number of nitrogens with one attached hydrogen (secondary N) is 1. The lowest BCUT2D eigenvalue weighted by atomic mass is 10.1. The van der Waals surface area contributed by atoms with Crippen LogP contribution in [-0.2, 0) is 16.0 Å². The summed E-state index contributed by atoms with van der Waals surface area (Å²) in [5.74, 6) is -0.786. The van der Waals surface area contributed by atoms with E-state index in [1.165, 1.54) is 12.1 Å². The first-order valence-electron chi connectivity index (χ1n) is 7.46. The summed E-state index contributed by atoms with van der Waals surface area (Å²) in [5, 5.41) is 2.61. The molecule has 0 atom stereocenters. The molecule has 0 saturated heterocycles. The Morgan fingerprint density at radius 1 is 1.04 bits per heavy atom. The average molecular weight is 314 g/mol. The van der Waals surface area contributed by atoms with E-state index in [4.69, 9.17) is 0 Å². The van der Waals surface area contributed by atoms with Crippen LogP contribution in [0.3, 0.4) is 0 Å². The van der Waals surface area contributed by atoms with E-state index in [0.717, 1.165) is 5.69 Å². The third-order valence-corrected chi connectivity index (χ3v) is 3.40. The van der Waals surface area contributed by atoms with Crippen LogP contribution in [0.5, 0.6) is 0 Å². The van der Waals surface area contributed by atoms with Crippen LogP contribution in [0, 0.1) is 5.82 Å². The van der Waals surface area contributed by atoms with Crippen LogP contribution in [0.15, 0.2) is 54.6 Å². The van der Waals surface area contributed by atoms with Gasteiger partial charge in [0.05, 0.1) is 13.0 Å². The molecule has 2 amide bonds. The van der Waals surface area contributed by atoms with E-state index in [1.807, 2.05) is 37.3 Å². The SMILES string of the molecule is CCN(C(=O)CNC(=O)Cc1ccc(F)cc1)c1ccccc1. The lowest BCUT2D eigenvalue weighted by Crippen LogP contribution is -2.40. The lowest BCUT2D eigenvalue weighted by Gasteiger charge is -2.21. The molecule has 120 valence electrons. The van der Waals surface area contributed by atoms with Gasteiger partial charge in [-0.3, -0.25) is 9.59 Å². The molecule has 0 heterocycles. The van der Waals surface area contributed by atoms with Crippen LogP contribution in [0.25, 0.3) is 0 Å². The molecule has 0 aromatic heterocycles. The zero-order valence-corrected chi connectivity index (χ0v) is 13.0. The third-order valence-electron chi connectivity index (χ3n) is 3.40. The van der Waals surface area contributed by atoms with E-state index >= 15 is 0 Å². The molecule has 5 heteroatoms. The van der Waals surface area contributed by atoms with Gasteiger partial charge in [0.1, 0.15) is 5.82 Å². The van der Waals surface area contributed by atoms with Gasteiger partial charge in [0.25, 0.3) is 0 Å². The highest BCUT2D eigenvalue weighted by atomic mass is 19.1. The average Bonchev–Trinajstić information content (AvgIpc) is 2.57. The Labute approximate surface area is 134 Å². The van der Waals surface area contributed by atoms with Crippen molar-refractivity contribution in [2.75, 3.05) is 18.0 Å². The first-order chi connectivity index (χ1) is 11.1. The van der Waals surface area contributed by atoms with Gasteiger partial charge < -0.3 is 10.2 Å². The zero-order valence-electron chi connectivity index (χ0n) is 13.0. The number of hydrogen-bond acceptors (Lipinski definition) is 2. The highest BCUT2D eigenvalue weighted by molar-refractivity contribution is 5.96. The Kier molecular flexibility index (Phi) is 5.86. The van der Waals surface area contributed by atoms with Gasteiger partial charge >= 0.3 is 0 Å². The normalized spacial score (nSPS) is 10.2. The van der Waals surface area contributed by atoms with E-state index in [1.54, 1.807) is 17.0 Å². The fraction of sp³-hybridized carbons (Fsp3) is 0.222. The molecule has 0 aliphatic rings. The quantitative estimate of drug-likeness (QED) is 0.891. The van der Waals surface area contributed by atoms with Gasteiger partial charge in [-0.05, 0) is 36.8 Å². The smallest absolute Gasteiger partial charge is 0.246 e. The highest BCUT2D eigenvalue weighted by Gasteiger charge is 2.14. The van der Waals surface area contributed by atoms with Crippen LogP contribution in [0.1, 0.15) is 12.5 Å². The van der Waals surface area contributed by atoms with E-state index in [0.29, 0.717) is 12.1 Å². The van der Waals surface area contributed by atoms with Crippen molar-refractivity contribution in [2.45, 2.75) is 13.3 Å².